The fourth-order valence-corrected chi connectivity index (χ4v) is 16.4. The Balaban J connectivity index is 1.09. The molecule has 3 nitrogen and oxygen atoms in total. The summed E-state index contributed by atoms with van der Waals surface area (Å²) in [6, 6.07) is 86.3. The Bertz CT molecular complexity index is 4210. The standard InChI is InChI=1S/C79H74BN3/c1-75(2,3)59-37-40-68(62(46-59)55-31-20-13-21-32-55)82-71-50-64-63(76(4,5)51-77(64,6)7)49-67(71)80-66-38-35-58(54-29-18-12-19-30-54)45-70(66)81(60-34-24-33-56(43-60)52-25-14-10-15-26-52)72-47-61(48-73(82)74(72)80)83-69-39-36-57(53-27-16-11-17-28-53)44-65(69)78(8)41-22-23-42-79(78,83)9/h10-21,24-40,43-50H,22-23,41-42,51H2,1-9H3. The zero-order chi connectivity index (χ0) is 56.8. The highest BCUT2D eigenvalue weighted by Crippen LogP contribution is 2.63. The van der Waals surface area contributed by atoms with Gasteiger partial charge in [-0.15, -0.1) is 0 Å². The van der Waals surface area contributed by atoms with Gasteiger partial charge in [0.05, 0.1) is 11.2 Å². The summed E-state index contributed by atoms with van der Waals surface area (Å²) >= 11 is 0. The molecule has 0 spiro atoms. The average molecular weight is 1080 g/mol. The van der Waals surface area contributed by atoms with E-state index in [0.717, 1.165) is 24.9 Å². The van der Waals surface area contributed by atoms with Gasteiger partial charge in [-0.3, -0.25) is 0 Å². The molecule has 0 amide bonds. The van der Waals surface area contributed by atoms with Crippen molar-refractivity contribution in [3.05, 3.63) is 247 Å². The van der Waals surface area contributed by atoms with Crippen LogP contribution in [0.1, 0.15) is 117 Å². The zero-order valence-corrected chi connectivity index (χ0v) is 49.8. The monoisotopic (exact) mass is 1080 g/mol. The van der Waals surface area contributed by atoms with E-state index >= 15 is 0 Å². The van der Waals surface area contributed by atoms with E-state index in [1.807, 2.05) is 0 Å². The second kappa shape index (κ2) is 18.6. The summed E-state index contributed by atoms with van der Waals surface area (Å²) in [6.07, 6.45) is 5.72. The smallest absolute Gasteiger partial charge is 0.252 e. The van der Waals surface area contributed by atoms with Crippen LogP contribution in [0.5, 0.6) is 0 Å². The van der Waals surface area contributed by atoms with Crippen LogP contribution in [-0.4, -0.2) is 12.3 Å². The molecular formula is C79H74BN3. The molecule has 408 valence electrons. The molecule has 10 aromatic rings. The first-order chi connectivity index (χ1) is 40.0. The lowest BCUT2D eigenvalue weighted by atomic mass is 9.33. The minimum atomic E-state index is -0.217. The molecule has 4 heteroatoms. The molecule has 15 rings (SSSR count). The van der Waals surface area contributed by atoms with Gasteiger partial charge in [0.15, 0.2) is 0 Å². The van der Waals surface area contributed by atoms with Gasteiger partial charge < -0.3 is 14.7 Å². The fraction of sp³-hybridized carbons (Fsp3) is 0.241. The highest BCUT2D eigenvalue weighted by molar-refractivity contribution is 7.00. The topological polar surface area (TPSA) is 9.72 Å². The predicted molar refractivity (Wildman–Crippen MR) is 354 cm³/mol. The van der Waals surface area contributed by atoms with Crippen LogP contribution in [0.4, 0.5) is 45.5 Å². The van der Waals surface area contributed by atoms with Gasteiger partial charge in [-0.25, -0.2) is 0 Å². The Morgan fingerprint density at radius 1 is 0.373 bits per heavy atom. The number of nitrogens with zero attached hydrogens (tertiary/aromatic N) is 3. The van der Waals surface area contributed by atoms with E-state index in [9.17, 15) is 0 Å². The van der Waals surface area contributed by atoms with E-state index in [0.29, 0.717) is 0 Å². The Morgan fingerprint density at radius 2 is 0.904 bits per heavy atom. The molecule has 2 atom stereocenters. The van der Waals surface area contributed by atoms with Gasteiger partial charge >= 0.3 is 0 Å². The maximum Gasteiger partial charge on any atom is 0.252 e. The Kier molecular flexibility index (Phi) is 11.5. The third-order valence-electron chi connectivity index (χ3n) is 20.5. The van der Waals surface area contributed by atoms with E-state index in [1.54, 1.807) is 0 Å². The first-order valence-corrected chi connectivity index (χ1v) is 30.5. The molecule has 83 heavy (non-hydrogen) atoms. The first-order valence-electron chi connectivity index (χ1n) is 30.5. The molecule has 3 heterocycles. The zero-order valence-electron chi connectivity index (χ0n) is 49.8. The number of benzene rings is 10. The van der Waals surface area contributed by atoms with Crippen LogP contribution in [0.15, 0.2) is 224 Å². The highest BCUT2D eigenvalue weighted by Gasteiger charge is 2.58. The van der Waals surface area contributed by atoms with Gasteiger partial charge in [0.1, 0.15) is 0 Å². The summed E-state index contributed by atoms with van der Waals surface area (Å²) in [7, 11) is 0. The third kappa shape index (κ3) is 7.91. The van der Waals surface area contributed by atoms with Crippen LogP contribution in [0.3, 0.4) is 0 Å². The molecule has 1 saturated carbocycles. The molecule has 10 aromatic carbocycles. The molecule has 0 aromatic heterocycles. The fourth-order valence-electron chi connectivity index (χ4n) is 16.4. The number of fused-ring (bicyclic) bond motifs is 8. The average Bonchev–Trinajstić information content (AvgIpc) is 1.93. The second-order valence-corrected chi connectivity index (χ2v) is 27.6. The molecule has 0 saturated heterocycles. The van der Waals surface area contributed by atoms with Crippen molar-refractivity contribution in [1.82, 2.24) is 0 Å². The lowest BCUT2D eigenvalue weighted by Gasteiger charge is -2.51. The van der Waals surface area contributed by atoms with Crippen molar-refractivity contribution in [3.63, 3.8) is 0 Å². The molecule has 2 unspecified atom stereocenters. The second-order valence-electron chi connectivity index (χ2n) is 27.6. The maximum atomic E-state index is 2.83. The number of hydrogen-bond donors (Lipinski definition) is 0. The van der Waals surface area contributed by atoms with Crippen LogP contribution in [0.25, 0.3) is 44.5 Å². The van der Waals surface area contributed by atoms with Crippen LogP contribution in [0.2, 0.25) is 0 Å². The number of hydrogen-bond acceptors (Lipinski definition) is 3. The van der Waals surface area contributed by atoms with Gasteiger partial charge in [-0.1, -0.05) is 232 Å². The quantitative estimate of drug-likeness (QED) is 0.147. The van der Waals surface area contributed by atoms with Gasteiger partial charge in [0.2, 0.25) is 0 Å². The first kappa shape index (κ1) is 51.5. The summed E-state index contributed by atoms with van der Waals surface area (Å²) in [5.41, 5.74) is 29.0. The molecule has 0 N–H and O–H groups in total. The largest absolute Gasteiger partial charge is 0.334 e. The van der Waals surface area contributed by atoms with Crippen molar-refractivity contribution in [2.75, 3.05) is 14.7 Å². The lowest BCUT2D eigenvalue weighted by Crippen LogP contribution is -2.62. The SMILES string of the molecule is CC(C)(C)c1ccc(N2c3cc4c(cc3B3c5ccc(-c6ccccc6)cc5N(c5cccc(-c6ccccc6)c5)c5cc(N6c7ccc(-c8ccccc8)cc7C7(C)CCCCC67C)cc2c53)C(C)(C)CC4(C)C)c(-c2ccccc2)c1. The minimum Gasteiger partial charge on any atom is -0.334 e. The van der Waals surface area contributed by atoms with Crippen molar-refractivity contribution in [2.45, 2.75) is 122 Å². The molecule has 2 aliphatic carbocycles. The lowest BCUT2D eigenvalue weighted by molar-refractivity contribution is 0.195. The van der Waals surface area contributed by atoms with Crippen LogP contribution in [-0.2, 0) is 21.7 Å². The summed E-state index contributed by atoms with van der Waals surface area (Å²) in [5.74, 6) is 0. The minimum absolute atomic E-state index is 0.0145. The Morgan fingerprint density at radius 3 is 1.54 bits per heavy atom. The van der Waals surface area contributed by atoms with E-state index in [2.05, 4.69) is 301 Å². The summed E-state index contributed by atoms with van der Waals surface area (Å²) in [4.78, 5) is 8.24. The van der Waals surface area contributed by atoms with E-state index in [4.69, 9.17) is 0 Å². The van der Waals surface area contributed by atoms with Crippen LogP contribution >= 0.6 is 0 Å². The third-order valence-corrected chi connectivity index (χ3v) is 20.5. The van der Waals surface area contributed by atoms with Gasteiger partial charge in [-0.2, -0.15) is 0 Å². The molecule has 3 aliphatic heterocycles. The summed E-state index contributed by atoms with van der Waals surface area (Å²) in [5, 5.41) is 0. The number of anilines is 8. The Hall–Kier alpha value is -8.34. The normalized spacial score (nSPS) is 19.6. The molecule has 1 fully saturated rings. The number of rotatable bonds is 7. The van der Waals surface area contributed by atoms with Crippen molar-refractivity contribution < 1.29 is 0 Å². The predicted octanol–water partition coefficient (Wildman–Crippen LogP) is 19.4. The van der Waals surface area contributed by atoms with Crippen molar-refractivity contribution in [3.8, 4) is 44.5 Å². The van der Waals surface area contributed by atoms with Gasteiger partial charge in [0.25, 0.3) is 6.71 Å². The Labute approximate surface area is 493 Å². The maximum absolute atomic E-state index is 2.83. The van der Waals surface area contributed by atoms with Crippen molar-refractivity contribution in [2.24, 2.45) is 0 Å². The molecule has 0 radical (unpaired) electrons. The van der Waals surface area contributed by atoms with Gasteiger partial charge in [0, 0.05) is 50.8 Å². The molecule has 5 aliphatic rings. The van der Waals surface area contributed by atoms with Crippen molar-refractivity contribution in [1.29, 1.82) is 0 Å². The molecule has 0 bridgehead atoms. The van der Waals surface area contributed by atoms with Crippen LogP contribution in [0, 0.1) is 0 Å². The summed E-state index contributed by atoms with van der Waals surface area (Å²) < 4.78 is 0. The van der Waals surface area contributed by atoms with E-state index in [-0.39, 0.29) is 33.9 Å². The van der Waals surface area contributed by atoms with E-state index < -0.39 is 0 Å². The van der Waals surface area contributed by atoms with E-state index in [1.165, 1.54) is 136 Å². The van der Waals surface area contributed by atoms with Gasteiger partial charge in [-0.05, 0) is 181 Å². The molecular weight excluding hydrogens is 1000 g/mol. The van der Waals surface area contributed by atoms with Crippen molar-refractivity contribution >= 4 is 68.6 Å². The van der Waals surface area contributed by atoms with Crippen LogP contribution < -0.4 is 31.1 Å². The summed E-state index contributed by atoms with van der Waals surface area (Å²) in [6.45, 7) is 22.1. The highest BCUT2D eigenvalue weighted by atomic mass is 15.3.